The van der Waals surface area contributed by atoms with Crippen LogP contribution in [-0.4, -0.2) is 34.7 Å². The second-order valence-corrected chi connectivity index (χ2v) is 7.26. The van der Waals surface area contributed by atoms with Gasteiger partial charge in [-0.1, -0.05) is 23.9 Å². The van der Waals surface area contributed by atoms with Gasteiger partial charge in [0.2, 0.25) is 0 Å². The van der Waals surface area contributed by atoms with Crippen molar-refractivity contribution in [1.82, 2.24) is 10.3 Å². The number of ether oxygens (including phenoxy) is 1. The number of carbonyl (C=O) groups excluding carboxylic acids is 3. The molecule has 24 heavy (non-hydrogen) atoms. The maximum atomic E-state index is 11.7. The molecule has 2 rings (SSSR count). The van der Waals surface area contributed by atoms with Crippen molar-refractivity contribution in [2.75, 3.05) is 5.75 Å². The SMILES string of the molecule is C[C@@H](OC(=O)CCCSc1nc2ccccc2s1)C(=O)NC(N)=O. The van der Waals surface area contributed by atoms with Gasteiger partial charge in [0.15, 0.2) is 10.4 Å². The molecule has 0 aliphatic heterocycles. The molecule has 0 aliphatic carbocycles. The molecule has 128 valence electrons. The van der Waals surface area contributed by atoms with Crippen LogP contribution in [0.1, 0.15) is 19.8 Å². The molecule has 0 unspecified atom stereocenters. The van der Waals surface area contributed by atoms with E-state index in [4.69, 9.17) is 10.5 Å². The van der Waals surface area contributed by atoms with E-state index >= 15 is 0 Å². The van der Waals surface area contributed by atoms with Crippen LogP contribution in [0.5, 0.6) is 0 Å². The molecule has 1 aromatic carbocycles. The molecule has 0 aliphatic rings. The Morgan fingerprint density at radius 3 is 2.83 bits per heavy atom. The molecular formula is C15H17N3O4S2. The highest BCUT2D eigenvalue weighted by Gasteiger charge is 2.18. The highest BCUT2D eigenvalue weighted by molar-refractivity contribution is 8.01. The van der Waals surface area contributed by atoms with E-state index in [0.29, 0.717) is 6.42 Å². The summed E-state index contributed by atoms with van der Waals surface area (Å²) in [6.07, 6.45) is -0.266. The summed E-state index contributed by atoms with van der Waals surface area (Å²) in [6.45, 7) is 1.38. The second-order valence-electron chi connectivity index (χ2n) is 4.89. The lowest BCUT2D eigenvalue weighted by Gasteiger charge is -2.11. The molecule has 7 nitrogen and oxygen atoms in total. The maximum absolute atomic E-state index is 11.7. The Kier molecular flexibility index (Phi) is 6.56. The average molecular weight is 367 g/mol. The summed E-state index contributed by atoms with van der Waals surface area (Å²) in [7, 11) is 0. The zero-order chi connectivity index (χ0) is 17.5. The van der Waals surface area contributed by atoms with Gasteiger partial charge in [-0.15, -0.1) is 11.3 Å². The first-order valence-electron chi connectivity index (χ1n) is 7.24. The van der Waals surface area contributed by atoms with Crippen molar-refractivity contribution in [2.24, 2.45) is 5.73 Å². The number of para-hydroxylation sites is 1. The number of thiazole rings is 1. The van der Waals surface area contributed by atoms with Gasteiger partial charge in [-0.2, -0.15) is 0 Å². The Morgan fingerprint density at radius 1 is 1.38 bits per heavy atom. The topological polar surface area (TPSA) is 111 Å². The fourth-order valence-corrected chi connectivity index (χ4v) is 3.90. The highest BCUT2D eigenvalue weighted by Crippen LogP contribution is 2.29. The number of nitrogens with two attached hydrogens (primary N) is 1. The minimum absolute atomic E-state index is 0.187. The van der Waals surface area contributed by atoms with Gasteiger partial charge in [0.25, 0.3) is 5.91 Å². The standard InChI is InChI=1S/C15H17N3O4S2/c1-9(13(20)18-14(16)21)22-12(19)7-4-8-23-15-17-10-5-2-3-6-11(10)24-15/h2-3,5-6,9H,4,7-8H2,1H3,(H3,16,18,20,21)/t9-/m1/s1. The molecular weight excluding hydrogens is 350 g/mol. The van der Waals surface area contributed by atoms with Gasteiger partial charge in [0.05, 0.1) is 10.2 Å². The molecule has 2 aromatic rings. The number of nitrogens with zero attached hydrogens (tertiary/aromatic N) is 1. The zero-order valence-electron chi connectivity index (χ0n) is 13.0. The molecule has 1 aromatic heterocycles. The van der Waals surface area contributed by atoms with E-state index in [2.05, 4.69) is 4.98 Å². The Balaban J connectivity index is 1.69. The number of fused-ring (bicyclic) bond motifs is 1. The van der Waals surface area contributed by atoms with Crippen molar-refractivity contribution in [2.45, 2.75) is 30.2 Å². The third-order valence-corrected chi connectivity index (χ3v) is 5.21. The van der Waals surface area contributed by atoms with Gasteiger partial charge in [-0.3, -0.25) is 14.9 Å². The molecule has 3 N–H and O–H groups in total. The van der Waals surface area contributed by atoms with Crippen LogP contribution in [0.4, 0.5) is 4.79 Å². The number of nitrogens with one attached hydrogen (secondary N) is 1. The number of urea groups is 1. The van der Waals surface area contributed by atoms with Crippen LogP contribution >= 0.6 is 23.1 Å². The molecule has 1 heterocycles. The van der Waals surface area contributed by atoms with E-state index in [-0.39, 0.29) is 6.42 Å². The lowest BCUT2D eigenvalue weighted by Crippen LogP contribution is -2.42. The fourth-order valence-electron chi connectivity index (χ4n) is 1.82. The predicted octanol–water partition coefficient (Wildman–Crippen LogP) is 2.30. The third-order valence-electron chi connectivity index (χ3n) is 2.95. The number of hydrogen-bond acceptors (Lipinski definition) is 7. The van der Waals surface area contributed by atoms with Crippen LogP contribution in [0.2, 0.25) is 0 Å². The van der Waals surface area contributed by atoms with Gasteiger partial charge >= 0.3 is 12.0 Å². The summed E-state index contributed by atoms with van der Waals surface area (Å²) in [5, 5.41) is 1.86. The molecule has 0 spiro atoms. The molecule has 0 saturated heterocycles. The first-order valence-corrected chi connectivity index (χ1v) is 9.04. The van der Waals surface area contributed by atoms with E-state index in [1.165, 1.54) is 6.92 Å². The number of imide groups is 1. The number of aromatic nitrogens is 1. The van der Waals surface area contributed by atoms with Crippen LogP contribution in [0.3, 0.4) is 0 Å². The number of carbonyl (C=O) groups is 3. The molecule has 9 heteroatoms. The predicted molar refractivity (Wildman–Crippen MR) is 92.9 cm³/mol. The average Bonchev–Trinajstić information content (AvgIpc) is 2.93. The summed E-state index contributed by atoms with van der Waals surface area (Å²) in [4.78, 5) is 38.1. The number of esters is 1. The fraction of sp³-hybridized carbons (Fsp3) is 0.333. The maximum Gasteiger partial charge on any atom is 0.318 e. The van der Waals surface area contributed by atoms with Crippen LogP contribution < -0.4 is 11.1 Å². The monoisotopic (exact) mass is 367 g/mol. The molecule has 0 bridgehead atoms. The Bertz CT molecular complexity index is 714. The summed E-state index contributed by atoms with van der Waals surface area (Å²) in [6, 6.07) is 6.93. The Hall–Kier alpha value is -2.13. The largest absolute Gasteiger partial charge is 0.453 e. The number of thioether (sulfide) groups is 1. The van der Waals surface area contributed by atoms with Gasteiger partial charge in [0, 0.05) is 12.2 Å². The van der Waals surface area contributed by atoms with Crippen molar-refractivity contribution in [1.29, 1.82) is 0 Å². The lowest BCUT2D eigenvalue weighted by molar-refractivity contribution is -0.154. The van der Waals surface area contributed by atoms with Crippen molar-refractivity contribution in [3.05, 3.63) is 24.3 Å². The smallest absolute Gasteiger partial charge is 0.318 e. The molecule has 3 amide bonds. The third kappa shape index (κ3) is 5.50. The van der Waals surface area contributed by atoms with Gasteiger partial charge in [-0.25, -0.2) is 9.78 Å². The van der Waals surface area contributed by atoms with E-state index in [1.807, 2.05) is 29.6 Å². The lowest BCUT2D eigenvalue weighted by atomic mass is 10.3. The van der Waals surface area contributed by atoms with E-state index in [0.717, 1.165) is 20.3 Å². The first kappa shape index (κ1) is 18.2. The summed E-state index contributed by atoms with van der Waals surface area (Å²) in [5.74, 6) is -0.511. The van der Waals surface area contributed by atoms with Crippen molar-refractivity contribution >= 4 is 51.2 Å². The minimum Gasteiger partial charge on any atom is -0.453 e. The molecule has 0 fully saturated rings. The van der Waals surface area contributed by atoms with Crippen molar-refractivity contribution < 1.29 is 19.1 Å². The Labute approximate surface area is 147 Å². The summed E-state index contributed by atoms with van der Waals surface area (Å²) < 4.78 is 7.02. The van der Waals surface area contributed by atoms with Crippen LogP contribution in [-0.2, 0) is 14.3 Å². The minimum atomic E-state index is -1.05. The van der Waals surface area contributed by atoms with E-state index in [1.54, 1.807) is 23.1 Å². The second kappa shape index (κ2) is 8.65. The van der Waals surface area contributed by atoms with Crippen LogP contribution in [0.25, 0.3) is 10.2 Å². The van der Waals surface area contributed by atoms with Gasteiger partial charge in [-0.05, 0) is 25.5 Å². The highest BCUT2D eigenvalue weighted by atomic mass is 32.2. The number of amides is 3. The van der Waals surface area contributed by atoms with E-state index < -0.39 is 24.0 Å². The number of hydrogen-bond donors (Lipinski definition) is 2. The summed E-state index contributed by atoms with van der Waals surface area (Å²) >= 11 is 3.20. The van der Waals surface area contributed by atoms with Crippen LogP contribution in [0.15, 0.2) is 28.6 Å². The molecule has 0 saturated carbocycles. The number of benzene rings is 1. The van der Waals surface area contributed by atoms with Gasteiger partial charge < -0.3 is 10.5 Å². The summed E-state index contributed by atoms with van der Waals surface area (Å²) in [5.41, 5.74) is 5.80. The number of rotatable bonds is 7. The zero-order valence-corrected chi connectivity index (χ0v) is 14.6. The van der Waals surface area contributed by atoms with Gasteiger partial charge in [0.1, 0.15) is 0 Å². The normalized spacial score (nSPS) is 11.9. The van der Waals surface area contributed by atoms with Crippen molar-refractivity contribution in [3.63, 3.8) is 0 Å². The van der Waals surface area contributed by atoms with Crippen molar-refractivity contribution in [3.8, 4) is 0 Å². The Morgan fingerprint density at radius 2 is 2.12 bits per heavy atom. The van der Waals surface area contributed by atoms with Crippen LogP contribution in [0, 0.1) is 0 Å². The molecule has 0 radical (unpaired) electrons. The number of primary amides is 1. The molecule has 1 atom stereocenters. The van der Waals surface area contributed by atoms with E-state index in [9.17, 15) is 14.4 Å². The quantitative estimate of drug-likeness (QED) is 0.441. The first-order chi connectivity index (χ1) is 11.5.